The lowest BCUT2D eigenvalue weighted by molar-refractivity contribution is -0.0964. The third-order valence-electron chi connectivity index (χ3n) is 4.20. The van der Waals surface area contributed by atoms with E-state index in [1.807, 2.05) is 49.5 Å². The van der Waals surface area contributed by atoms with Crippen LogP contribution in [0.4, 0.5) is 0 Å². The number of aliphatic hydroxyl groups is 1. The molecule has 0 bridgehead atoms. The van der Waals surface area contributed by atoms with Crippen LogP contribution in [0.2, 0.25) is 0 Å². The van der Waals surface area contributed by atoms with Crippen LogP contribution in [0.3, 0.4) is 0 Å². The first kappa shape index (κ1) is 15.0. The van der Waals surface area contributed by atoms with Gasteiger partial charge in [-0.2, -0.15) is 0 Å². The number of rotatable bonds is 4. The van der Waals surface area contributed by atoms with E-state index in [4.69, 9.17) is 4.74 Å². The zero-order valence-electron chi connectivity index (χ0n) is 12.9. The van der Waals surface area contributed by atoms with Crippen LogP contribution in [-0.2, 0) is 6.54 Å². The molecule has 1 aromatic carbocycles. The van der Waals surface area contributed by atoms with Crippen molar-refractivity contribution < 1.29 is 9.84 Å². The van der Waals surface area contributed by atoms with Gasteiger partial charge in [0.25, 0.3) is 0 Å². The molecule has 0 aliphatic carbocycles. The van der Waals surface area contributed by atoms with Crippen LogP contribution in [0.25, 0.3) is 0 Å². The van der Waals surface area contributed by atoms with Crippen LogP contribution >= 0.6 is 0 Å². The summed E-state index contributed by atoms with van der Waals surface area (Å²) in [7, 11) is 0. The summed E-state index contributed by atoms with van der Waals surface area (Å²) in [5.74, 6) is 0.802. The number of nitrogens with zero attached hydrogens (tertiary/aromatic N) is 2. The third kappa shape index (κ3) is 3.64. The summed E-state index contributed by atoms with van der Waals surface area (Å²) in [5.41, 5.74) is 0.379. The van der Waals surface area contributed by atoms with Crippen molar-refractivity contribution in [1.82, 2.24) is 9.88 Å². The summed E-state index contributed by atoms with van der Waals surface area (Å²) in [6.45, 7) is 4.26. The molecule has 1 aliphatic rings. The molecule has 116 valence electrons. The maximum atomic E-state index is 10.6. The van der Waals surface area contributed by atoms with E-state index in [9.17, 15) is 5.11 Å². The average molecular weight is 298 g/mol. The topological polar surface area (TPSA) is 45.6 Å². The highest BCUT2D eigenvalue weighted by Gasteiger charge is 2.39. The molecule has 0 amide bonds. The number of likely N-dealkylation sites (tertiary alicyclic amines) is 1. The molecule has 1 saturated heterocycles. The minimum Gasteiger partial charge on any atom is -0.486 e. The van der Waals surface area contributed by atoms with E-state index in [1.165, 1.54) is 5.56 Å². The molecule has 1 aliphatic heterocycles. The molecule has 0 saturated carbocycles. The van der Waals surface area contributed by atoms with E-state index in [2.05, 4.69) is 16.0 Å². The maximum absolute atomic E-state index is 10.6. The van der Waals surface area contributed by atoms with Crippen LogP contribution < -0.4 is 4.74 Å². The summed E-state index contributed by atoms with van der Waals surface area (Å²) in [5, 5.41) is 10.6. The summed E-state index contributed by atoms with van der Waals surface area (Å²) in [6, 6.07) is 13.7. The van der Waals surface area contributed by atoms with Crippen molar-refractivity contribution in [3.05, 3.63) is 60.4 Å². The molecule has 2 atom stereocenters. The van der Waals surface area contributed by atoms with Crippen molar-refractivity contribution in [3.8, 4) is 5.75 Å². The smallest absolute Gasteiger partial charge is 0.140 e. The van der Waals surface area contributed by atoms with E-state index in [-0.39, 0.29) is 6.10 Å². The monoisotopic (exact) mass is 298 g/mol. The maximum Gasteiger partial charge on any atom is 0.140 e. The summed E-state index contributed by atoms with van der Waals surface area (Å²) in [6.07, 6.45) is 4.14. The van der Waals surface area contributed by atoms with Gasteiger partial charge in [0.2, 0.25) is 0 Å². The van der Waals surface area contributed by atoms with Crippen molar-refractivity contribution in [2.24, 2.45) is 0 Å². The second-order valence-electron chi connectivity index (χ2n) is 6.12. The molecule has 0 spiro atoms. The lowest BCUT2D eigenvalue weighted by Gasteiger charge is -2.42. The Balaban J connectivity index is 1.67. The van der Waals surface area contributed by atoms with Crippen molar-refractivity contribution >= 4 is 0 Å². The Morgan fingerprint density at radius 3 is 2.82 bits per heavy atom. The summed E-state index contributed by atoms with van der Waals surface area (Å²) in [4.78, 5) is 6.47. The lowest BCUT2D eigenvalue weighted by Crippen LogP contribution is -2.56. The van der Waals surface area contributed by atoms with Crippen LogP contribution in [0.1, 0.15) is 18.9 Å². The second kappa shape index (κ2) is 6.46. The van der Waals surface area contributed by atoms with Crippen molar-refractivity contribution in [2.75, 3.05) is 13.1 Å². The molecule has 2 aromatic rings. The minimum absolute atomic E-state index is 0.236. The van der Waals surface area contributed by atoms with E-state index >= 15 is 0 Å². The number of piperidine rings is 1. The Hall–Kier alpha value is -1.91. The van der Waals surface area contributed by atoms with E-state index in [1.54, 1.807) is 6.20 Å². The highest BCUT2D eigenvalue weighted by atomic mass is 16.5. The fourth-order valence-electron chi connectivity index (χ4n) is 2.79. The Bertz CT molecular complexity index is 587. The average Bonchev–Trinajstić information content (AvgIpc) is 2.53. The molecular formula is C18H22N2O2. The van der Waals surface area contributed by atoms with Gasteiger partial charge in [0.05, 0.1) is 0 Å². The molecule has 0 radical (unpaired) electrons. The van der Waals surface area contributed by atoms with Gasteiger partial charge in [0.15, 0.2) is 0 Å². The zero-order chi connectivity index (χ0) is 15.4. The molecule has 3 rings (SSSR count). The predicted octanol–water partition coefficient (Wildman–Crippen LogP) is 2.49. The SMILES string of the molecule is C[C@@]1(O)CCN(Cc2cccnc2)C[C@H]1Oc1ccccc1. The predicted molar refractivity (Wildman–Crippen MR) is 85.6 cm³/mol. The van der Waals surface area contributed by atoms with Gasteiger partial charge in [-0.3, -0.25) is 9.88 Å². The number of hydrogen-bond donors (Lipinski definition) is 1. The van der Waals surface area contributed by atoms with Gasteiger partial charge in [-0.05, 0) is 37.1 Å². The second-order valence-corrected chi connectivity index (χ2v) is 6.12. The van der Waals surface area contributed by atoms with Gasteiger partial charge in [-0.15, -0.1) is 0 Å². The largest absolute Gasteiger partial charge is 0.486 e. The third-order valence-corrected chi connectivity index (χ3v) is 4.20. The van der Waals surface area contributed by atoms with E-state index < -0.39 is 5.60 Å². The number of para-hydroxylation sites is 1. The summed E-state index contributed by atoms with van der Waals surface area (Å²) >= 11 is 0. The Morgan fingerprint density at radius 2 is 2.09 bits per heavy atom. The van der Waals surface area contributed by atoms with Crippen LogP contribution in [-0.4, -0.2) is 39.8 Å². The van der Waals surface area contributed by atoms with Crippen molar-refractivity contribution in [3.63, 3.8) is 0 Å². The van der Waals surface area contributed by atoms with E-state index in [0.29, 0.717) is 13.0 Å². The zero-order valence-corrected chi connectivity index (χ0v) is 12.9. The molecular weight excluding hydrogens is 276 g/mol. The fraction of sp³-hybridized carbons (Fsp3) is 0.389. The van der Waals surface area contributed by atoms with Crippen LogP contribution in [0.15, 0.2) is 54.9 Å². The van der Waals surface area contributed by atoms with Gasteiger partial charge < -0.3 is 9.84 Å². The van der Waals surface area contributed by atoms with Crippen molar-refractivity contribution in [2.45, 2.75) is 31.6 Å². The van der Waals surface area contributed by atoms with Gasteiger partial charge in [0, 0.05) is 32.0 Å². The molecule has 22 heavy (non-hydrogen) atoms. The van der Waals surface area contributed by atoms with Gasteiger partial charge >= 0.3 is 0 Å². The van der Waals surface area contributed by atoms with Gasteiger partial charge in [0.1, 0.15) is 17.5 Å². The first-order valence-electron chi connectivity index (χ1n) is 7.69. The molecule has 4 heteroatoms. The molecule has 1 aromatic heterocycles. The lowest BCUT2D eigenvalue weighted by atomic mass is 9.90. The Labute approximate surface area is 131 Å². The normalized spacial score (nSPS) is 25.8. The number of hydrogen-bond acceptors (Lipinski definition) is 4. The number of pyridine rings is 1. The molecule has 2 heterocycles. The number of ether oxygens (including phenoxy) is 1. The standard InChI is InChI=1S/C18H22N2O2/c1-18(21)9-11-20(13-15-6-5-10-19-12-15)14-17(18)22-16-7-3-2-4-8-16/h2-8,10,12,17,21H,9,11,13-14H2,1H3/t17-,18-/m1/s1. The van der Waals surface area contributed by atoms with Crippen LogP contribution in [0.5, 0.6) is 5.75 Å². The minimum atomic E-state index is -0.804. The van der Waals surface area contributed by atoms with Gasteiger partial charge in [-0.1, -0.05) is 24.3 Å². The highest BCUT2D eigenvalue weighted by molar-refractivity contribution is 5.22. The Morgan fingerprint density at radius 1 is 1.27 bits per heavy atom. The Kier molecular flexibility index (Phi) is 4.41. The molecule has 4 nitrogen and oxygen atoms in total. The number of benzene rings is 1. The molecule has 0 unspecified atom stereocenters. The van der Waals surface area contributed by atoms with Gasteiger partial charge in [-0.25, -0.2) is 0 Å². The van der Waals surface area contributed by atoms with Crippen molar-refractivity contribution in [1.29, 1.82) is 0 Å². The van der Waals surface area contributed by atoms with Crippen LogP contribution in [0, 0.1) is 0 Å². The quantitative estimate of drug-likeness (QED) is 0.942. The molecule has 1 fully saturated rings. The number of aromatic nitrogens is 1. The summed E-state index contributed by atoms with van der Waals surface area (Å²) < 4.78 is 6.03. The van der Waals surface area contributed by atoms with E-state index in [0.717, 1.165) is 18.8 Å². The fourth-order valence-corrected chi connectivity index (χ4v) is 2.79. The first-order chi connectivity index (χ1) is 10.6. The highest BCUT2D eigenvalue weighted by Crippen LogP contribution is 2.27. The first-order valence-corrected chi connectivity index (χ1v) is 7.69. The molecule has 1 N–H and O–H groups in total.